The van der Waals surface area contributed by atoms with Gasteiger partial charge in [0.15, 0.2) is 0 Å². The molecular formula is C13H20BrFN2O. The van der Waals surface area contributed by atoms with Crippen molar-refractivity contribution in [2.24, 2.45) is 5.84 Å². The molecular weight excluding hydrogens is 299 g/mol. The molecule has 5 heteroatoms. The normalized spacial score (nSPS) is 13.7. The molecule has 1 atom stereocenters. The van der Waals surface area contributed by atoms with Gasteiger partial charge in [0.1, 0.15) is 5.82 Å². The monoisotopic (exact) mass is 318 g/mol. The lowest BCUT2D eigenvalue weighted by atomic mass is 9.92. The fourth-order valence-corrected chi connectivity index (χ4v) is 2.33. The van der Waals surface area contributed by atoms with Gasteiger partial charge >= 0.3 is 0 Å². The molecule has 0 aliphatic heterocycles. The first-order valence-corrected chi connectivity index (χ1v) is 6.74. The van der Waals surface area contributed by atoms with Crippen LogP contribution in [0.15, 0.2) is 22.7 Å². The maximum atomic E-state index is 13.4. The molecule has 1 unspecified atom stereocenters. The zero-order valence-electron chi connectivity index (χ0n) is 11.0. The predicted octanol–water partition coefficient (Wildman–Crippen LogP) is 2.78. The zero-order chi connectivity index (χ0) is 13.8. The maximum Gasteiger partial charge on any atom is 0.137 e. The SMILES string of the molecule is CCOC(C)(C)C(Cc1cccc(F)c1Br)NN. The van der Waals surface area contributed by atoms with Crippen LogP contribution in [-0.4, -0.2) is 18.2 Å². The Morgan fingerprint density at radius 2 is 2.17 bits per heavy atom. The van der Waals surface area contributed by atoms with Crippen molar-refractivity contribution in [3.8, 4) is 0 Å². The Bertz CT molecular complexity index is 399. The van der Waals surface area contributed by atoms with E-state index in [4.69, 9.17) is 10.6 Å². The van der Waals surface area contributed by atoms with Crippen molar-refractivity contribution in [2.45, 2.75) is 38.8 Å². The third-order valence-corrected chi connectivity index (χ3v) is 3.90. The Labute approximate surface area is 116 Å². The van der Waals surface area contributed by atoms with E-state index in [0.29, 0.717) is 17.5 Å². The molecule has 102 valence electrons. The first kappa shape index (κ1) is 15.6. The summed E-state index contributed by atoms with van der Waals surface area (Å²) in [5, 5.41) is 0. The second-order valence-corrected chi connectivity index (χ2v) is 5.47. The summed E-state index contributed by atoms with van der Waals surface area (Å²) in [5.41, 5.74) is 3.20. The Balaban J connectivity index is 2.89. The van der Waals surface area contributed by atoms with Crippen LogP contribution in [-0.2, 0) is 11.2 Å². The van der Waals surface area contributed by atoms with Crippen molar-refractivity contribution in [3.05, 3.63) is 34.1 Å². The lowest BCUT2D eigenvalue weighted by Crippen LogP contribution is -2.52. The molecule has 0 radical (unpaired) electrons. The maximum absolute atomic E-state index is 13.4. The molecule has 0 saturated heterocycles. The molecule has 0 saturated carbocycles. The molecule has 1 aromatic carbocycles. The largest absolute Gasteiger partial charge is 0.374 e. The lowest BCUT2D eigenvalue weighted by Gasteiger charge is -2.34. The summed E-state index contributed by atoms with van der Waals surface area (Å²) < 4.78 is 19.6. The highest BCUT2D eigenvalue weighted by atomic mass is 79.9. The van der Waals surface area contributed by atoms with Crippen LogP contribution >= 0.6 is 15.9 Å². The van der Waals surface area contributed by atoms with E-state index < -0.39 is 5.60 Å². The van der Waals surface area contributed by atoms with Crippen LogP contribution in [0.3, 0.4) is 0 Å². The standard InChI is InChI=1S/C13H20BrFN2O/c1-4-18-13(2,3)11(17-16)8-9-6-5-7-10(15)12(9)14/h5-7,11,17H,4,8,16H2,1-3H3. The first-order chi connectivity index (χ1) is 8.42. The number of rotatable bonds is 6. The molecule has 0 amide bonds. The van der Waals surface area contributed by atoms with E-state index in [0.717, 1.165) is 5.56 Å². The fraction of sp³-hybridized carbons (Fsp3) is 0.538. The van der Waals surface area contributed by atoms with E-state index >= 15 is 0 Å². The predicted molar refractivity (Wildman–Crippen MR) is 74.6 cm³/mol. The van der Waals surface area contributed by atoms with Crippen LogP contribution < -0.4 is 11.3 Å². The number of nitrogens with one attached hydrogen (secondary N) is 1. The average Bonchev–Trinajstić information content (AvgIpc) is 2.30. The molecule has 0 heterocycles. The van der Waals surface area contributed by atoms with Gasteiger partial charge in [-0.15, -0.1) is 0 Å². The summed E-state index contributed by atoms with van der Waals surface area (Å²) >= 11 is 3.26. The van der Waals surface area contributed by atoms with Gasteiger partial charge in [-0.05, 0) is 54.8 Å². The Morgan fingerprint density at radius 1 is 1.50 bits per heavy atom. The number of benzene rings is 1. The van der Waals surface area contributed by atoms with Crippen LogP contribution in [0.25, 0.3) is 0 Å². The Hall–Kier alpha value is -0.490. The highest BCUT2D eigenvalue weighted by molar-refractivity contribution is 9.10. The van der Waals surface area contributed by atoms with Crippen LogP contribution in [0.4, 0.5) is 4.39 Å². The summed E-state index contributed by atoms with van der Waals surface area (Å²) in [4.78, 5) is 0. The van der Waals surface area contributed by atoms with Crippen LogP contribution in [0.5, 0.6) is 0 Å². The van der Waals surface area contributed by atoms with Gasteiger partial charge in [0.25, 0.3) is 0 Å². The number of hydrogen-bond donors (Lipinski definition) is 2. The average molecular weight is 319 g/mol. The Morgan fingerprint density at radius 3 is 2.72 bits per heavy atom. The number of nitrogens with two attached hydrogens (primary N) is 1. The van der Waals surface area contributed by atoms with E-state index in [1.165, 1.54) is 6.07 Å². The van der Waals surface area contributed by atoms with E-state index in [1.807, 2.05) is 26.8 Å². The van der Waals surface area contributed by atoms with Crippen molar-refractivity contribution in [1.82, 2.24) is 5.43 Å². The first-order valence-electron chi connectivity index (χ1n) is 5.95. The molecule has 0 fully saturated rings. The highest BCUT2D eigenvalue weighted by Gasteiger charge is 2.30. The number of hydrogen-bond acceptors (Lipinski definition) is 3. The summed E-state index contributed by atoms with van der Waals surface area (Å²) in [5.74, 6) is 5.32. The van der Waals surface area contributed by atoms with Gasteiger partial charge in [-0.1, -0.05) is 12.1 Å². The number of ether oxygens (including phenoxy) is 1. The smallest absolute Gasteiger partial charge is 0.137 e. The van der Waals surface area contributed by atoms with Crippen molar-refractivity contribution in [3.63, 3.8) is 0 Å². The summed E-state index contributed by atoms with van der Waals surface area (Å²) in [7, 11) is 0. The topological polar surface area (TPSA) is 47.3 Å². The van der Waals surface area contributed by atoms with Crippen molar-refractivity contribution < 1.29 is 9.13 Å². The van der Waals surface area contributed by atoms with Crippen LogP contribution in [0.1, 0.15) is 26.3 Å². The molecule has 0 spiro atoms. The van der Waals surface area contributed by atoms with Gasteiger partial charge < -0.3 is 4.74 Å². The second-order valence-electron chi connectivity index (χ2n) is 4.67. The summed E-state index contributed by atoms with van der Waals surface area (Å²) in [6.45, 7) is 6.48. The molecule has 0 aromatic heterocycles. The third-order valence-electron chi connectivity index (χ3n) is 3.01. The van der Waals surface area contributed by atoms with Crippen LogP contribution in [0.2, 0.25) is 0 Å². The summed E-state index contributed by atoms with van der Waals surface area (Å²) in [6, 6.07) is 4.89. The van der Waals surface area contributed by atoms with E-state index in [-0.39, 0.29) is 11.9 Å². The van der Waals surface area contributed by atoms with Gasteiger partial charge in [-0.3, -0.25) is 11.3 Å². The zero-order valence-corrected chi connectivity index (χ0v) is 12.6. The lowest BCUT2D eigenvalue weighted by molar-refractivity contribution is -0.0381. The minimum atomic E-state index is -0.421. The number of hydrazine groups is 1. The van der Waals surface area contributed by atoms with Crippen molar-refractivity contribution in [2.75, 3.05) is 6.61 Å². The molecule has 1 aromatic rings. The van der Waals surface area contributed by atoms with E-state index in [2.05, 4.69) is 21.4 Å². The van der Waals surface area contributed by atoms with Crippen molar-refractivity contribution >= 4 is 15.9 Å². The van der Waals surface area contributed by atoms with Gasteiger partial charge in [0.05, 0.1) is 16.1 Å². The molecule has 3 N–H and O–H groups in total. The fourth-order valence-electron chi connectivity index (χ4n) is 1.90. The summed E-state index contributed by atoms with van der Waals surface area (Å²) in [6.07, 6.45) is 0.585. The molecule has 3 nitrogen and oxygen atoms in total. The van der Waals surface area contributed by atoms with Gasteiger partial charge in [0.2, 0.25) is 0 Å². The Kier molecular flexibility index (Phi) is 5.72. The quantitative estimate of drug-likeness (QED) is 0.626. The minimum absolute atomic E-state index is 0.101. The van der Waals surface area contributed by atoms with E-state index in [9.17, 15) is 4.39 Å². The third kappa shape index (κ3) is 3.75. The molecule has 0 aliphatic carbocycles. The number of halogens is 2. The van der Waals surface area contributed by atoms with Gasteiger partial charge in [-0.2, -0.15) is 0 Å². The molecule has 18 heavy (non-hydrogen) atoms. The second kappa shape index (κ2) is 6.61. The minimum Gasteiger partial charge on any atom is -0.374 e. The van der Waals surface area contributed by atoms with Crippen molar-refractivity contribution in [1.29, 1.82) is 0 Å². The molecule has 0 bridgehead atoms. The highest BCUT2D eigenvalue weighted by Crippen LogP contribution is 2.25. The molecule has 0 aliphatic rings. The van der Waals surface area contributed by atoms with Crippen LogP contribution in [0, 0.1) is 5.82 Å². The van der Waals surface area contributed by atoms with Gasteiger partial charge in [-0.25, -0.2) is 4.39 Å². The van der Waals surface area contributed by atoms with E-state index in [1.54, 1.807) is 6.07 Å². The molecule has 1 rings (SSSR count). The van der Waals surface area contributed by atoms with Gasteiger partial charge in [0, 0.05) is 6.61 Å².